The molecular weight excluding hydrogens is 381 g/mol. The van der Waals surface area contributed by atoms with Gasteiger partial charge in [0.15, 0.2) is 0 Å². The Hall–Kier alpha value is -3.25. The summed E-state index contributed by atoms with van der Waals surface area (Å²) >= 11 is 5.85. The minimum absolute atomic E-state index is 0.0645. The molecule has 1 heterocycles. The van der Waals surface area contributed by atoms with Crippen LogP contribution in [0, 0.1) is 5.82 Å². The summed E-state index contributed by atoms with van der Waals surface area (Å²) in [6, 6.07) is 17.5. The Kier molecular flexibility index (Phi) is 6.34. The molecule has 3 rings (SSSR count). The van der Waals surface area contributed by atoms with Crippen molar-refractivity contribution in [1.82, 2.24) is 10.3 Å². The normalized spacial score (nSPS) is 10.4. The molecule has 142 valence electrons. The Labute approximate surface area is 166 Å². The second-order valence-corrected chi connectivity index (χ2v) is 6.44. The van der Waals surface area contributed by atoms with Gasteiger partial charge in [-0.3, -0.25) is 9.59 Å². The number of aromatic nitrogens is 1. The number of nitrogens with one attached hydrogen (secondary N) is 2. The standard InChI is InChI=1S/C21H17ClFN3O2/c22-15-9-7-14(8-10-15)11-12-24-20(27)18-5-2-6-19(26-18)21(28)25-17-4-1-3-16(23)13-17/h1-10,13H,11-12H2,(H,24,27)(H,25,28). The number of hydrogen-bond donors (Lipinski definition) is 2. The van der Waals surface area contributed by atoms with E-state index in [9.17, 15) is 14.0 Å². The number of pyridine rings is 1. The van der Waals surface area contributed by atoms with Gasteiger partial charge in [-0.15, -0.1) is 0 Å². The van der Waals surface area contributed by atoms with Gasteiger partial charge in [0.25, 0.3) is 11.8 Å². The van der Waals surface area contributed by atoms with Gasteiger partial charge in [-0.1, -0.05) is 35.9 Å². The molecule has 2 amide bonds. The fraction of sp³-hybridized carbons (Fsp3) is 0.0952. The summed E-state index contributed by atoms with van der Waals surface area (Å²) in [6.07, 6.45) is 0.642. The molecule has 0 saturated heterocycles. The molecule has 2 aromatic carbocycles. The highest BCUT2D eigenvalue weighted by molar-refractivity contribution is 6.30. The molecule has 0 spiro atoms. The lowest BCUT2D eigenvalue weighted by Gasteiger charge is -2.08. The maximum atomic E-state index is 13.2. The van der Waals surface area contributed by atoms with Gasteiger partial charge in [0.2, 0.25) is 0 Å². The highest BCUT2D eigenvalue weighted by atomic mass is 35.5. The van der Waals surface area contributed by atoms with Crippen molar-refractivity contribution in [3.8, 4) is 0 Å². The average molecular weight is 398 g/mol. The van der Waals surface area contributed by atoms with Crippen LogP contribution in [0.1, 0.15) is 26.5 Å². The van der Waals surface area contributed by atoms with E-state index in [1.54, 1.807) is 24.3 Å². The zero-order valence-electron chi connectivity index (χ0n) is 14.8. The summed E-state index contributed by atoms with van der Waals surface area (Å²) in [4.78, 5) is 28.7. The Morgan fingerprint density at radius 1 is 0.929 bits per heavy atom. The lowest BCUT2D eigenvalue weighted by atomic mass is 10.1. The van der Waals surface area contributed by atoms with E-state index < -0.39 is 11.7 Å². The van der Waals surface area contributed by atoms with Gasteiger partial charge in [0, 0.05) is 17.3 Å². The van der Waals surface area contributed by atoms with Crippen LogP contribution >= 0.6 is 11.6 Å². The van der Waals surface area contributed by atoms with Gasteiger partial charge in [-0.2, -0.15) is 0 Å². The first-order valence-electron chi connectivity index (χ1n) is 8.58. The number of hydrogen-bond acceptors (Lipinski definition) is 3. The van der Waals surface area contributed by atoms with E-state index in [0.29, 0.717) is 23.7 Å². The van der Waals surface area contributed by atoms with E-state index in [-0.39, 0.29) is 17.3 Å². The smallest absolute Gasteiger partial charge is 0.274 e. The Bertz CT molecular complexity index is 993. The minimum atomic E-state index is -0.526. The summed E-state index contributed by atoms with van der Waals surface area (Å²) in [5, 5.41) is 5.98. The predicted molar refractivity (Wildman–Crippen MR) is 106 cm³/mol. The molecule has 0 fully saturated rings. The molecule has 3 aromatic rings. The molecule has 0 saturated carbocycles. The van der Waals surface area contributed by atoms with Crippen LogP contribution in [-0.4, -0.2) is 23.3 Å². The van der Waals surface area contributed by atoms with Crippen molar-refractivity contribution in [2.45, 2.75) is 6.42 Å². The third-order valence-corrected chi connectivity index (χ3v) is 4.16. The number of anilines is 1. The number of carbonyl (C=O) groups is 2. The fourth-order valence-corrected chi connectivity index (χ4v) is 2.64. The van der Waals surface area contributed by atoms with Crippen LogP contribution < -0.4 is 10.6 Å². The van der Waals surface area contributed by atoms with Gasteiger partial charge >= 0.3 is 0 Å². The fourth-order valence-electron chi connectivity index (χ4n) is 2.51. The van der Waals surface area contributed by atoms with E-state index in [1.165, 1.54) is 30.3 Å². The van der Waals surface area contributed by atoms with Crippen LogP contribution in [0.3, 0.4) is 0 Å². The van der Waals surface area contributed by atoms with Crippen LogP contribution in [0.15, 0.2) is 66.7 Å². The second-order valence-electron chi connectivity index (χ2n) is 6.00. The van der Waals surface area contributed by atoms with E-state index in [1.807, 2.05) is 12.1 Å². The Morgan fingerprint density at radius 3 is 2.32 bits per heavy atom. The number of rotatable bonds is 6. The van der Waals surface area contributed by atoms with Crippen molar-refractivity contribution in [3.63, 3.8) is 0 Å². The molecule has 0 unspecified atom stereocenters. The second kappa shape index (κ2) is 9.10. The van der Waals surface area contributed by atoms with E-state index in [0.717, 1.165) is 5.56 Å². The van der Waals surface area contributed by atoms with E-state index >= 15 is 0 Å². The highest BCUT2D eigenvalue weighted by Gasteiger charge is 2.12. The predicted octanol–water partition coefficient (Wildman–Crippen LogP) is 4.10. The van der Waals surface area contributed by atoms with Gasteiger partial charge in [-0.25, -0.2) is 9.37 Å². The molecule has 2 N–H and O–H groups in total. The summed E-state index contributed by atoms with van der Waals surface area (Å²) in [5.41, 5.74) is 1.54. The SMILES string of the molecule is O=C(NCCc1ccc(Cl)cc1)c1cccc(C(=O)Nc2cccc(F)c2)n1. The number of amides is 2. The molecule has 7 heteroatoms. The van der Waals surface area contributed by atoms with E-state index in [2.05, 4.69) is 15.6 Å². The molecule has 5 nitrogen and oxygen atoms in total. The van der Waals surface area contributed by atoms with Crippen LogP contribution in [0.4, 0.5) is 10.1 Å². The van der Waals surface area contributed by atoms with Crippen LogP contribution in [0.5, 0.6) is 0 Å². The molecule has 0 radical (unpaired) electrons. The molecule has 0 atom stereocenters. The minimum Gasteiger partial charge on any atom is -0.350 e. The van der Waals surface area contributed by atoms with Crippen molar-refractivity contribution in [2.24, 2.45) is 0 Å². The molecule has 0 aliphatic heterocycles. The summed E-state index contributed by atoms with van der Waals surface area (Å²) in [6.45, 7) is 0.419. The van der Waals surface area contributed by atoms with Crippen LogP contribution in [-0.2, 0) is 6.42 Å². The molecule has 0 aliphatic carbocycles. The first-order chi connectivity index (χ1) is 13.5. The number of nitrogens with zero attached hydrogens (tertiary/aromatic N) is 1. The third kappa shape index (κ3) is 5.37. The zero-order chi connectivity index (χ0) is 19.9. The lowest BCUT2D eigenvalue weighted by Crippen LogP contribution is -2.27. The van der Waals surface area contributed by atoms with Crippen molar-refractivity contribution in [2.75, 3.05) is 11.9 Å². The van der Waals surface area contributed by atoms with Gasteiger partial charge < -0.3 is 10.6 Å². The summed E-state index contributed by atoms with van der Waals surface area (Å²) in [7, 11) is 0. The molecule has 28 heavy (non-hydrogen) atoms. The van der Waals surface area contributed by atoms with Gasteiger partial charge in [-0.05, 0) is 54.4 Å². The quantitative estimate of drug-likeness (QED) is 0.657. The van der Waals surface area contributed by atoms with Gasteiger partial charge in [0.1, 0.15) is 17.2 Å². The van der Waals surface area contributed by atoms with Crippen molar-refractivity contribution in [1.29, 1.82) is 0 Å². The highest BCUT2D eigenvalue weighted by Crippen LogP contribution is 2.11. The monoisotopic (exact) mass is 397 g/mol. The number of carbonyl (C=O) groups excluding carboxylic acids is 2. The maximum absolute atomic E-state index is 13.2. The molecule has 0 bridgehead atoms. The maximum Gasteiger partial charge on any atom is 0.274 e. The van der Waals surface area contributed by atoms with Crippen molar-refractivity contribution >= 4 is 29.1 Å². The number of benzene rings is 2. The topological polar surface area (TPSA) is 71.1 Å². The average Bonchev–Trinajstić information content (AvgIpc) is 2.69. The van der Waals surface area contributed by atoms with Crippen LogP contribution in [0.2, 0.25) is 5.02 Å². The first kappa shape index (κ1) is 19.5. The first-order valence-corrected chi connectivity index (χ1v) is 8.96. The van der Waals surface area contributed by atoms with E-state index in [4.69, 9.17) is 11.6 Å². The largest absolute Gasteiger partial charge is 0.350 e. The Balaban J connectivity index is 1.59. The molecule has 1 aromatic heterocycles. The summed E-state index contributed by atoms with van der Waals surface area (Å²) in [5.74, 6) is -1.37. The molecule has 0 aliphatic rings. The summed E-state index contributed by atoms with van der Waals surface area (Å²) < 4.78 is 13.2. The number of halogens is 2. The molecular formula is C21H17ClFN3O2. The van der Waals surface area contributed by atoms with Crippen LogP contribution in [0.25, 0.3) is 0 Å². The van der Waals surface area contributed by atoms with Crippen molar-refractivity contribution < 1.29 is 14.0 Å². The third-order valence-electron chi connectivity index (χ3n) is 3.91. The van der Waals surface area contributed by atoms with Crippen molar-refractivity contribution in [3.05, 3.63) is 94.5 Å². The Morgan fingerprint density at radius 2 is 1.61 bits per heavy atom. The van der Waals surface area contributed by atoms with Gasteiger partial charge in [0.05, 0.1) is 0 Å². The zero-order valence-corrected chi connectivity index (χ0v) is 15.5. The lowest BCUT2D eigenvalue weighted by molar-refractivity contribution is 0.0949.